The van der Waals surface area contributed by atoms with Crippen molar-refractivity contribution >= 4 is 11.9 Å². The smallest absolute Gasteiger partial charge is 0.132 e. The summed E-state index contributed by atoms with van der Waals surface area (Å²) in [5, 5.41) is 17.6. The van der Waals surface area contributed by atoms with Crippen LogP contribution >= 0.6 is 11.9 Å². The predicted octanol–water partition coefficient (Wildman–Crippen LogP) is 5.32. The van der Waals surface area contributed by atoms with Gasteiger partial charge in [-0.05, 0) is 41.8 Å². The fraction of sp³-hybridized carbons (Fsp3) is 0.0455. The summed E-state index contributed by atoms with van der Waals surface area (Å²) in [6.45, 7) is 0. The Morgan fingerprint density at radius 1 is 0.964 bits per heavy atom. The summed E-state index contributed by atoms with van der Waals surface area (Å²) in [5.41, 5.74) is 4.19. The summed E-state index contributed by atoms with van der Waals surface area (Å²) in [4.78, 5) is 0. The van der Waals surface area contributed by atoms with Gasteiger partial charge in [0, 0.05) is 16.9 Å². The third-order valence-electron chi connectivity index (χ3n) is 4.23. The van der Waals surface area contributed by atoms with Gasteiger partial charge >= 0.3 is 0 Å². The quantitative estimate of drug-likeness (QED) is 0.466. The first kappa shape index (κ1) is 18.0. The minimum atomic E-state index is -0.335. The Morgan fingerprint density at radius 2 is 1.75 bits per heavy atom. The fourth-order valence-electron chi connectivity index (χ4n) is 2.90. The van der Waals surface area contributed by atoms with Crippen LogP contribution in [0.25, 0.3) is 22.5 Å². The molecule has 0 bridgehead atoms. The molecule has 0 unspecified atom stereocenters. The number of nitriles is 1. The van der Waals surface area contributed by atoms with Crippen molar-refractivity contribution in [1.29, 1.82) is 5.26 Å². The first-order chi connectivity index (χ1) is 13.8. The molecule has 136 valence electrons. The van der Waals surface area contributed by atoms with Gasteiger partial charge in [0.1, 0.15) is 17.2 Å². The normalized spacial score (nSPS) is 10.6. The summed E-state index contributed by atoms with van der Waals surface area (Å²) in [5.74, 6) is 0.272. The highest BCUT2D eigenvalue weighted by molar-refractivity contribution is 7.97. The minimum Gasteiger partial charge on any atom is -0.206 e. The highest BCUT2D eigenvalue weighted by Crippen LogP contribution is 2.34. The van der Waals surface area contributed by atoms with Crippen LogP contribution in [0.4, 0.5) is 4.39 Å². The van der Waals surface area contributed by atoms with Crippen LogP contribution in [-0.2, 0) is 5.75 Å². The van der Waals surface area contributed by atoms with E-state index in [-0.39, 0.29) is 5.82 Å². The maximum Gasteiger partial charge on any atom is 0.132 e. The topological polar surface area (TPSA) is 54.5 Å². The molecule has 0 aliphatic rings. The summed E-state index contributed by atoms with van der Waals surface area (Å²) in [6, 6.07) is 25.9. The van der Waals surface area contributed by atoms with Crippen molar-refractivity contribution < 1.29 is 4.39 Å². The van der Waals surface area contributed by atoms with Gasteiger partial charge < -0.3 is 0 Å². The van der Waals surface area contributed by atoms with Crippen molar-refractivity contribution in [2.75, 3.05) is 0 Å². The van der Waals surface area contributed by atoms with E-state index in [1.807, 2.05) is 48.5 Å². The van der Waals surface area contributed by atoms with E-state index in [0.29, 0.717) is 22.6 Å². The van der Waals surface area contributed by atoms with Crippen molar-refractivity contribution in [2.24, 2.45) is 0 Å². The molecule has 0 aliphatic heterocycles. The van der Waals surface area contributed by atoms with Crippen LogP contribution in [0.5, 0.6) is 0 Å². The maximum absolute atomic E-state index is 14.4. The zero-order valence-corrected chi connectivity index (χ0v) is 15.6. The van der Waals surface area contributed by atoms with Crippen molar-refractivity contribution in [3.63, 3.8) is 0 Å². The van der Waals surface area contributed by atoms with Crippen molar-refractivity contribution in [2.45, 2.75) is 5.75 Å². The van der Waals surface area contributed by atoms with Crippen LogP contribution < -0.4 is 0 Å². The van der Waals surface area contributed by atoms with E-state index in [9.17, 15) is 4.39 Å². The Balaban J connectivity index is 1.73. The minimum absolute atomic E-state index is 0.335. The van der Waals surface area contributed by atoms with Gasteiger partial charge in [-0.3, -0.25) is 0 Å². The second-order valence-electron chi connectivity index (χ2n) is 6.09. The van der Waals surface area contributed by atoms with Crippen molar-refractivity contribution in [1.82, 2.24) is 14.4 Å². The van der Waals surface area contributed by atoms with Crippen molar-refractivity contribution in [3.8, 4) is 28.6 Å². The lowest BCUT2D eigenvalue weighted by Crippen LogP contribution is -1.96. The Kier molecular flexibility index (Phi) is 5.18. The molecule has 0 spiro atoms. The highest BCUT2D eigenvalue weighted by atomic mass is 32.2. The average Bonchev–Trinajstić information content (AvgIpc) is 3.17. The van der Waals surface area contributed by atoms with Gasteiger partial charge in [0.15, 0.2) is 0 Å². The second kappa shape index (κ2) is 8.07. The first-order valence-corrected chi connectivity index (χ1v) is 9.59. The molecular formula is C22H15FN4S. The molecule has 1 aromatic heterocycles. The molecule has 0 N–H and O–H groups in total. The number of hydrogen-bond donors (Lipinski definition) is 0. The lowest BCUT2D eigenvalue weighted by atomic mass is 10.0. The Hall–Kier alpha value is -3.43. The maximum atomic E-state index is 14.4. The largest absolute Gasteiger partial charge is 0.206 e. The predicted molar refractivity (Wildman–Crippen MR) is 109 cm³/mol. The number of hydrogen-bond acceptors (Lipinski definition) is 4. The van der Waals surface area contributed by atoms with Gasteiger partial charge in [0.25, 0.3) is 0 Å². The van der Waals surface area contributed by atoms with E-state index in [2.05, 4.69) is 16.4 Å². The van der Waals surface area contributed by atoms with Crippen LogP contribution in [0.2, 0.25) is 0 Å². The molecule has 4 aromatic rings. The molecule has 0 amide bonds. The summed E-state index contributed by atoms with van der Waals surface area (Å²) < 4.78 is 16.1. The van der Waals surface area contributed by atoms with Crippen molar-refractivity contribution in [3.05, 3.63) is 95.8 Å². The van der Waals surface area contributed by atoms with Gasteiger partial charge in [0.2, 0.25) is 0 Å². The zero-order valence-electron chi connectivity index (χ0n) is 14.8. The van der Waals surface area contributed by atoms with E-state index in [1.54, 1.807) is 28.4 Å². The van der Waals surface area contributed by atoms with E-state index >= 15 is 0 Å². The molecule has 28 heavy (non-hydrogen) atoms. The molecule has 0 aliphatic carbocycles. The Bertz CT molecular complexity index is 1150. The van der Waals surface area contributed by atoms with E-state index in [1.165, 1.54) is 18.0 Å². The molecule has 0 atom stereocenters. The van der Waals surface area contributed by atoms with Crippen LogP contribution in [0, 0.1) is 17.1 Å². The van der Waals surface area contributed by atoms with Gasteiger partial charge in [-0.25, -0.2) is 4.39 Å². The van der Waals surface area contributed by atoms with Crippen LogP contribution in [0.15, 0.2) is 78.9 Å². The lowest BCUT2D eigenvalue weighted by Gasteiger charge is -2.08. The van der Waals surface area contributed by atoms with Crippen LogP contribution in [-0.4, -0.2) is 14.4 Å². The van der Waals surface area contributed by atoms with E-state index in [4.69, 9.17) is 5.26 Å². The number of nitrogens with zero attached hydrogens (tertiary/aromatic N) is 4. The van der Waals surface area contributed by atoms with Crippen LogP contribution in [0.3, 0.4) is 0 Å². The molecule has 1 heterocycles. The number of benzene rings is 3. The summed E-state index contributed by atoms with van der Waals surface area (Å²) in [6.07, 6.45) is 0. The highest BCUT2D eigenvalue weighted by Gasteiger charge is 2.19. The molecule has 3 aromatic carbocycles. The van der Waals surface area contributed by atoms with Gasteiger partial charge in [-0.1, -0.05) is 59.8 Å². The van der Waals surface area contributed by atoms with Gasteiger partial charge in [-0.15, -0.1) is 5.10 Å². The third kappa shape index (κ3) is 3.66. The standard InChI is InChI=1S/C22H15FN4S/c23-20-12-5-4-11-19(20)21-22(18-9-2-1-3-10-18)27(26-25-21)28-15-17-8-6-7-16(13-17)14-24/h1-13H,15H2. The van der Waals surface area contributed by atoms with Gasteiger partial charge in [0.05, 0.1) is 11.6 Å². The molecule has 0 saturated heterocycles. The third-order valence-corrected chi connectivity index (χ3v) is 5.19. The fourth-order valence-corrected chi connectivity index (χ4v) is 3.76. The number of rotatable bonds is 5. The molecule has 0 fully saturated rings. The first-order valence-electron chi connectivity index (χ1n) is 8.64. The molecule has 0 radical (unpaired) electrons. The lowest BCUT2D eigenvalue weighted by molar-refractivity contribution is 0.630. The zero-order chi connectivity index (χ0) is 19.3. The molecule has 4 rings (SSSR count). The van der Waals surface area contributed by atoms with Crippen LogP contribution in [0.1, 0.15) is 11.1 Å². The van der Waals surface area contributed by atoms with Gasteiger partial charge in [-0.2, -0.15) is 9.35 Å². The Morgan fingerprint density at radius 3 is 2.54 bits per heavy atom. The van der Waals surface area contributed by atoms with E-state index < -0.39 is 0 Å². The number of halogens is 1. The summed E-state index contributed by atoms with van der Waals surface area (Å²) >= 11 is 1.45. The second-order valence-corrected chi connectivity index (χ2v) is 6.98. The molecule has 4 nitrogen and oxygen atoms in total. The number of aromatic nitrogens is 3. The molecule has 0 saturated carbocycles. The molecule has 6 heteroatoms. The average molecular weight is 386 g/mol. The Labute approximate surface area is 166 Å². The van der Waals surface area contributed by atoms with E-state index in [0.717, 1.165) is 16.8 Å². The molecular weight excluding hydrogens is 371 g/mol. The monoisotopic (exact) mass is 386 g/mol. The summed E-state index contributed by atoms with van der Waals surface area (Å²) in [7, 11) is 0. The SMILES string of the molecule is N#Cc1cccc(CSn2nnc(-c3ccccc3F)c2-c2ccccc2)c1.